The molecule has 2 amide bonds. The average molecular weight is 347 g/mol. The fraction of sp³-hybridized carbons (Fsp3) is 0.950. The number of fused-ring (bicyclic) bond motifs is 3. The van der Waals surface area contributed by atoms with Gasteiger partial charge in [-0.2, -0.15) is 0 Å². The summed E-state index contributed by atoms with van der Waals surface area (Å²) in [5.41, 5.74) is 0. The van der Waals surface area contributed by atoms with Crippen molar-refractivity contribution in [1.29, 1.82) is 0 Å². The number of nitrogens with one attached hydrogen (secondary N) is 1. The Kier molecular flexibility index (Phi) is 4.41. The van der Waals surface area contributed by atoms with E-state index < -0.39 is 0 Å². The number of carbonyl (C=O) groups excluding carboxylic acids is 1. The van der Waals surface area contributed by atoms with Crippen molar-refractivity contribution in [2.75, 3.05) is 39.3 Å². The number of hydrogen-bond acceptors (Lipinski definition) is 3. The Morgan fingerprint density at radius 1 is 0.800 bits per heavy atom. The number of piperidine rings is 1. The van der Waals surface area contributed by atoms with Crippen molar-refractivity contribution >= 4 is 6.03 Å². The van der Waals surface area contributed by atoms with Crippen LogP contribution in [0.2, 0.25) is 0 Å². The Balaban J connectivity index is 1.09. The Labute approximate surface area is 152 Å². The van der Waals surface area contributed by atoms with Crippen LogP contribution in [0.15, 0.2) is 0 Å². The van der Waals surface area contributed by atoms with Crippen molar-refractivity contribution in [3.63, 3.8) is 0 Å². The third kappa shape index (κ3) is 3.18. The number of urea groups is 1. The highest BCUT2D eigenvalue weighted by molar-refractivity contribution is 5.74. The van der Waals surface area contributed by atoms with Gasteiger partial charge in [0.15, 0.2) is 0 Å². The summed E-state index contributed by atoms with van der Waals surface area (Å²) in [4.78, 5) is 20.1. The molecule has 140 valence electrons. The molecule has 5 rings (SSSR count). The van der Waals surface area contributed by atoms with Crippen molar-refractivity contribution in [3.05, 3.63) is 0 Å². The van der Waals surface area contributed by atoms with Gasteiger partial charge in [-0.25, -0.2) is 4.79 Å². The van der Waals surface area contributed by atoms with E-state index in [4.69, 9.17) is 0 Å². The molecule has 5 nitrogen and oxygen atoms in total. The molecule has 2 saturated carbocycles. The van der Waals surface area contributed by atoms with Crippen LogP contribution >= 0.6 is 0 Å². The van der Waals surface area contributed by atoms with Crippen LogP contribution < -0.4 is 5.32 Å². The minimum absolute atomic E-state index is 0.198. The molecule has 0 radical (unpaired) electrons. The van der Waals surface area contributed by atoms with Gasteiger partial charge in [0.05, 0.1) is 0 Å². The first-order valence-electron chi connectivity index (χ1n) is 10.8. The second-order valence-electron chi connectivity index (χ2n) is 9.27. The summed E-state index contributed by atoms with van der Waals surface area (Å²) in [6.07, 6.45) is 10.8. The SMILES string of the molecule is O=C(N[C@@H]1CCN2CCC[C@@H]2C1)N1CCN([C@@H]2C[C@H]3CC[C@H]2C3)CC1. The van der Waals surface area contributed by atoms with E-state index in [1.54, 1.807) is 0 Å². The third-order valence-electron chi connectivity index (χ3n) is 7.92. The number of amides is 2. The molecule has 2 aliphatic carbocycles. The van der Waals surface area contributed by atoms with Crippen LogP contribution in [0.25, 0.3) is 0 Å². The Morgan fingerprint density at radius 3 is 2.44 bits per heavy atom. The standard InChI is InChI=1S/C20H34N4O/c25-20(21-17-5-7-22-6-1-2-18(22)14-17)24-10-8-23(9-11-24)19-13-15-3-4-16(19)12-15/h15-19H,1-14H2,(H,21,25)/t15-,16-,17+,18+,19+/m0/s1. The number of rotatable bonds is 2. The predicted octanol–water partition coefficient (Wildman–Crippen LogP) is 2.13. The molecule has 5 aliphatic rings. The minimum atomic E-state index is 0.198. The zero-order valence-electron chi connectivity index (χ0n) is 15.5. The topological polar surface area (TPSA) is 38.8 Å². The number of carbonyl (C=O) groups is 1. The molecule has 0 spiro atoms. The molecule has 3 heterocycles. The Bertz CT molecular complexity index is 504. The maximum atomic E-state index is 12.7. The lowest BCUT2D eigenvalue weighted by atomic mass is 9.93. The highest BCUT2D eigenvalue weighted by Gasteiger charge is 2.43. The average Bonchev–Trinajstić information content (AvgIpc) is 3.38. The maximum absolute atomic E-state index is 12.7. The highest BCUT2D eigenvalue weighted by Crippen LogP contribution is 2.46. The molecule has 3 saturated heterocycles. The Morgan fingerprint density at radius 2 is 1.68 bits per heavy atom. The van der Waals surface area contributed by atoms with Crippen LogP contribution in [0.5, 0.6) is 0 Å². The molecule has 0 unspecified atom stereocenters. The third-order valence-corrected chi connectivity index (χ3v) is 7.92. The van der Waals surface area contributed by atoms with E-state index in [0.29, 0.717) is 6.04 Å². The van der Waals surface area contributed by atoms with E-state index in [9.17, 15) is 4.79 Å². The van der Waals surface area contributed by atoms with E-state index in [2.05, 4.69) is 20.0 Å². The molecule has 25 heavy (non-hydrogen) atoms. The minimum Gasteiger partial charge on any atom is -0.335 e. The molecule has 3 aliphatic heterocycles. The summed E-state index contributed by atoms with van der Waals surface area (Å²) < 4.78 is 0. The van der Waals surface area contributed by atoms with Crippen LogP contribution in [0, 0.1) is 11.8 Å². The van der Waals surface area contributed by atoms with Gasteiger partial charge in [-0.15, -0.1) is 0 Å². The number of nitrogens with zero attached hydrogens (tertiary/aromatic N) is 3. The fourth-order valence-corrected chi connectivity index (χ4v) is 6.54. The van der Waals surface area contributed by atoms with Crippen molar-refractivity contribution in [1.82, 2.24) is 20.0 Å². The first-order chi connectivity index (χ1) is 12.3. The first-order valence-corrected chi connectivity index (χ1v) is 10.8. The van der Waals surface area contributed by atoms with Gasteiger partial charge in [-0.1, -0.05) is 6.42 Å². The zero-order chi connectivity index (χ0) is 16.8. The molecule has 5 fully saturated rings. The van der Waals surface area contributed by atoms with Crippen molar-refractivity contribution in [2.24, 2.45) is 11.8 Å². The summed E-state index contributed by atoms with van der Waals surface area (Å²) in [6.45, 7) is 6.46. The highest BCUT2D eigenvalue weighted by atomic mass is 16.2. The molecule has 0 aromatic rings. The quantitative estimate of drug-likeness (QED) is 0.832. The summed E-state index contributed by atoms with van der Waals surface area (Å²) >= 11 is 0. The normalized spacial score (nSPS) is 41.9. The monoisotopic (exact) mass is 346 g/mol. The Hall–Kier alpha value is -0.810. The zero-order valence-corrected chi connectivity index (χ0v) is 15.5. The van der Waals surface area contributed by atoms with Crippen molar-refractivity contribution < 1.29 is 4.79 Å². The lowest BCUT2D eigenvalue weighted by molar-refractivity contribution is 0.0801. The van der Waals surface area contributed by atoms with Gasteiger partial charge in [-0.3, -0.25) is 4.90 Å². The van der Waals surface area contributed by atoms with Crippen LogP contribution in [0.1, 0.15) is 51.4 Å². The second kappa shape index (κ2) is 6.73. The van der Waals surface area contributed by atoms with Gasteiger partial charge < -0.3 is 15.1 Å². The molecule has 5 atom stereocenters. The van der Waals surface area contributed by atoms with Crippen LogP contribution in [0.3, 0.4) is 0 Å². The second-order valence-corrected chi connectivity index (χ2v) is 9.27. The predicted molar refractivity (Wildman–Crippen MR) is 98.5 cm³/mol. The van der Waals surface area contributed by atoms with Crippen LogP contribution in [-0.4, -0.2) is 78.1 Å². The summed E-state index contributed by atoms with van der Waals surface area (Å²) in [5.74, 6) is 1.97. The smallest absolute Gasteiger partial charge is 0.317 e. The van der Waals surface area contributed by atoms with Crippen molar-refractivity contribution in [2.45, 2.75) is 69.5 Å². The van der Waals surface area contributed by atoms with E-state index in [-0.39, 0.29) is 6.03 Å². The largest absolute Gasteiger partial charge is 0.335 e. The van der Waals surface area contributed by atoms with Gasteiger partial charge in [0.2, 0.25) is 0 Å². The summed E-state index contributed by atoms with van der Waals surface area (Å²) in [5, 5.41) is 3.35. The molecular formula is C20H34N4O. The van der Waals surface area contributed by atoms with Gasteiger partial charge >= 0.3 is 6.03 Å². The van der Waals surface area contributed by atoms with Gasteiger partial charge in [0.1, 0.15) is 0 Å². The van der Waals surface area contributed by atoms with Crippen LogP contribution in [0.4, 0.5) is 4.79 Å². The number of piperazine rings is 1. The molecule has 2 bridgehead atoms. The molecular weight excluding hydrogens is 312 g/mol. The van der Waals surface area contributed by atoms with E-state index in [1.165, 1.54) is 51.6 Å². The molecule has 0 aromatic heterocycles. The molecule has 1 N–H and O–H groups in total. The van der Waals surface area contributed by atoms with E-state index in [0.717, 1.165) is 62.9 Å². The lowest BCUT2D eigenvalue weighted by Crippen LogP contribution is -2.57. The van der Waals surface area contributed by atoms with Gasteiger partial charge in [0, 0.05) is 50.8 Å². The van der Waals surface area contributed by atoms with Crippen molar-refractivity contribution in [3.8, 4) is 0 Å². The van der Waals surface area contributed by atoms with Gasteiger partial charge in [-0.05, 0) is 63.3 Å². The van der Waals surface area contributed by atoms with Gasteiger partial charge in [0.25, 0.3) is 0 Å². The number of hydrogen-bond donors (Lipinski definition) is 1. The van der Waals surface area contributed by atoms with Crippen LogP contribution in [-0.2, 0) is 0 Å². The summed E-state index contributed by atoms with van der Waals surface area (Å²) in [7, 11) is 0. The molecule has 0 aromatic carbocycles. The molecule has 5 heteroatoms. The fourth-order valence-electron chi connectivity index (χ4n) is 6.54. The van der Waals surface area contributed by atoms with E-state index in [1.807, 2.05) is 0 Å². The lowest BCUT2D eigenvalue weighted by Gasteiger charge is -2.42. The first kappa shape index (κ1) is 16.4. The summed E-state index contributed by atoms with van der Waals surface area (Å²) in [6, 6.07) is 2.16. The van der Waals surface area contributed by atoms with E-state index >= 15 is 0 Å². The maximum Gasteiger partial charge on any atom is 0.317 e.